The van der Waals surface area contributed by atoms with E-state index >= 15 is 0 Å². The summed E-state index contributed by atoms with van der Waals surface area (Å²) in [6.45, 7) is 3.45. The number of hydrogen-bond donors (Lipinski definition) is 1. The van der Waals surface area contributed by atoms with Crippen molar-refractivity contribution in [2.75, 3.05) is 46.3 Å². The summed E-state index contributed by atoms with van der Waals surface area (Å²) in [5.74, 6) is -0.0652. The molecule has 1 aromatic carbocycles. The molecular weight excluding hydrogens is 439 g/mol. The van der Waals surface area contributed by atoms with Gasteiger partial charge in [-0.05, 0) is 43.2 Å². The van der Waals surface area contributed by atoms with Crippen LogP contribution in [0.4, 0.5) is 0 Å². The second kappa shape index (κ2) is 11.0. The Morgan fingerprint density at radius 3 is 2.68 bits per heavy atom. The first-order valence-electron chi connectivity index (χ1n) is 10.5. The molecule has 1 aromatic rings. The summed E-state index contributed by atoms with van der Waals surface area (Å²) < 4.78 is 0. The summed E-state index contributed by atoms with van der Waals surface area (Å²) in [6, 6.07) is 5.06. The highest BCUT2D eigenvalue weighted by atomic mass is 35.5. The number of hydrogen-bond acceptors (Lipinski definition) is 4. The molecule has 2 fully saturated rings. The normalized spacial score (nSPS) is 20.4. The molecule has 0 bridgehead atoms. The average molecular weight is 467 g/mol. The van der Waals surface area contributed by atoms with Gasteiger partial charge in [-0.3, -0.25) is 19.3 Å². The molecule has 2 aliphatic rings. The lowest BCUT2D eigenvalue weighted by atomic mass is 10.2. The van der Waals surface area contributed by atoms with Crippen molar-refractivity contribution in [1.29, 1.82) is 0 Å². The molecule has 0 aliphatic carbocycles. The zero-order valence-corrected chi connectivity index (χ0v) is 19.2. The molecule has 3 rings (SSSR count). The van der Waals surface area contributed by atoms with Crippen LogP contribution in [-0.4, -0.2) is 84.8 Å². The highest BCUT2D eigenvalue weighted by Crippen LogP contribution is 2.23. The Morgan fingerprint density at radius 1 is 1.13 bits per heavy atom. The minimum Gasteiger partial charge on any atom is -0.358 e. The number of amides is 3. The van der Waals surface area contributed by atoms with Crippen molar-refractivity contribution in [3.8, 4) is 0 Å². The molecule has 1 N–H and O–H groups in total. The fourth-order valence-electron chi connectivity index (χ4n) is 4.02. The number of rotatable bonds is 6. The Labute approximate surface area is 192 Å². The number of likely N-dealkylation sites (N-methyl/N-ethyl adjacent to an activating group) is 1. The van der Waals surface area contributed by atoms with E-state index in [1.807, 2.05) is 0 Å². The van der Waals surface area contributed by atoms with Gasteiger partial charge < -0.3 is 15.1 Å². The van der Waals surface area contributed by atoms with Gasteiger partial charge in [-0.2, -0.15) is 0 Å². The van der Waals surface area contributed by atoms with E-state index in [2.05, 4.69) is 10.2 Å². The quantitative estimate of drug-likeness (QED) is 0.652. The number of carbonyl (C=O) groups is 3. The van der Waals surface area contributed by atoms with Gasteiger partial charge in [-0.15, -0.1) is 0 Å². The summed E-state index contributed by atoms with van der Waals surface area (Å²) in [7, 11) is 1.65. The molecule has 0 spiro atoms. The number of likely N-dealkylation sites (tertiary alicyclic amines) is 1. The second-order valence-corrected chi connectivity index (χ2v) is 8.59. The minimum atomic E-state index is -0.139. The molecule has 3 amide bonds. The van der Waals surface area contributed by atoms with Crippen molar-refractivity contribution in [2.45, 2.75) is 25.3 Å². The molecule has 2 heterocycles. The molecule has 7 nitrogen and oxygen atoms in total. The molecule has 2 aliphatic heterocycles. The van der Waals surface area contributed by atoms with Gasteiger partial charge in [0.2, 0.25) is 17.7 Å². The molecule has 0 aromatic heterocycles. The Kier molecular flexibility index (Phi) is 8.35. The average Bonchev–Trinajstić information content (AvgIpc) is 3.15. The molecule has 0 radical (unpaired) electrons. The number of nitrogens with zero attached hydrogens (tertiary/aromatic N) is 3. The maximum absolute atomic E-state index is 12.6. The Hall–Kier alpha value is -2.09. The van der Waals surface area contributed by atoms with Crippen molar-refractivity contribution >= 4 is 47.0 Å². The topological polar surface area (TPSA) is 73.0 Å². The van der Waals surface area contributed by atoms with Crippen LogP contribution < -0.4 is 5.32 Å². The van der Waals surface area contributed by atoms with Crippen LogP contribution in [0.3, 0.4) is 0 Å². The molecule has 31 heavy (non-hydrogen) atoms. The predicted molar refractivity (Wildman–Crippen MR) is 122 cm³/mol. The monoisotopic (exact) mass is 466 g/mol. The van der Waals surface area contributed by atoms with Crippen LogP contribution >= 0.6 is 23.2 Å². The summed E-state index contributed by atoms with van der Waals surface area (Å²) >= 11 is 11.9. The molecule has 0 unspecified atom stereocenters. The van der Waals surface area contributed by atoms with Crippen molar-refractivity contribution in [3.05, 3.63) is 39.9 Å². The SMILES string of the molecule is CNC(=O)[C@@H]1CCCN1CCN1CCN(C(=O)C=Cc2ccc(Cl)c(Cl)c2)CCC1=O. The molecule has 0 saturated carbocycles. The molecular formula is C22H28Cl2N4O3. The predicted octanol–water partition coefficient (Wildman–Crippen LogP) is 2.28. The highest BCUT2D eigenvalue weighted by molar-refractivity contribution is 6.42. The van der Waals surface area contributed by atoms with Gasteiger partial charge in [-0.1, -0.05) is 29.3 Å². The van der Waals surface area contributed by atoms with Crippen LogP contribution in [0.2, 0.25) is 10.0 Å². The van der Waals surface area contributed by atoms with Crippen LogP contribution in [0, 0.1) is 0 Å². The molecule has 2 saturated heterocycles. The smallest absolute Gasteiger partial charge is 0.246 e. The van der Waals surface area contributed by atoms with E-state index < -0.39 is 0 Å². The third-order valence-corrected chi connectivity index (χ3v) is 6.57. The van der Waals surface area contributed by atoms with Gasteiger partial charge >= 0.3 is 0 Å². The second-order valence-electron chi connectivity index (χ2n) is 7.77. The van der Waals surface area contributed by atoms with E-state index in [0.717, 1.165) is 24.9 Å². The first kappa shape index (κ1) is 23.6. The van der Waals surface area contributed by atoms with Gasteiger partial charge in [-0.25, -0.2) is 0 Å². The van der Waals surface area contributed by atoms with E-state index in [-0.39, 0.29) is 23.8 Å². The Balaban J connectivity index is 1.52. The van der Waals surface area contributed by atoms with Crippen molar-refractivity contribution < 1.29 is 14.4 Å². The lowest BCUT2D eigenvalue weighted by Gasteiger charge is -2.27. The van der Waals surface area contributed by atoms with Crippen molar-refractivity contribution in [1.82, 2.24) is 20.0 Å². The van der Waals surface area contributed by atoms with Crippen LogP contribution in [0.15, 0.2) is 24.3 Å². The largest absolute Gasteiger partial charge is 0.358 e. The lowest BCUT2D eigenvalue weighted by molar-refractivity contribution is -0.130. The molecule has 9 heteroatoms. The summed E-state index contributed by atoms with van der Waals surface area (Å²) in [6.07, 6.45) is 5.32. The Morgan fingerprint density at radius 2 is 1.94 bits per heavy atom. The molecule has 168 valence electrons. The van der Waals surface area contributed by atoms with Gasteiger partial charge in [0.15, 0.2) is 0 Å². The minimum absolute atomic E-state index is 0.0326. The van der Waals surface area contributed by atoms with Gasteiger partial charge in [0, 0.05) is 52.3 Å². The van der Waals surface area contributed by atoms with Crippen LogP contribution in [0.25, 0.3) is 6.08 Å². The van der Waals surface area contributed by atoms with Crippen LogP contribution in [-0.2, 0) is 14.4 Å². The first-order chi connectivity index (χ1) is 14.9. The third kappa shape index (κ3) is 6.21. The summed E-state index contributed by atoms with van der Waals surface area (Å²) in [5.41, 5.74) is 0.784. The van der Waals surface area contributed by atoms with Crippen LogP contribution in [0.1, 0.15) is 24.8 Å². The van der Waals surface area contributed by atoms with E-state index in [4.69, 9.17) is 23.2 Å². The fourth-order valence-corrected chi connectivity index (χ4v) is 4.33. The number of benzene rings is 1. The van der Waals surface area contributed by atoms with Crippen molar-refractivity contribution in [3.63, 3.8) is 0 Å². The number of halogens is 2. The van der Waals surface area contributed by atoms with E-state index in [9.17, 15) is 14.4 Å². The van der Waals surface area contributed by atoms with E-state index in [1.165, 1.54) is 6.08 Å². The maximum atomic E-state index is 12.6. The standard InChI is InChI=1S/C22H28Cl2N4O3/c1-25-22(31)19-3-2-9-26(19)11-12-28-14-13-27(10-8-21(28)30)20(29)7-5-16-4-6-17(23)18(24)15-16/h4-7,15,19H,2-3,8-14H2,1H3,(H,25,31)/t19-/m0/s1. The summed E-state index contributed by atoms with van der Waals surface area (Å²) in [4.78, 5) is 42.8. The zero-order valence-electron chi connectivity index (χ0n) is 17.7. The zero-order chi connectivity index (χ0) is 22.4. The van der Waals surface area contributed by atoms with Crippen molar-refractivity contribution in [2.24, 2.45) is 0 Å². The number of nitrogens with one attached hydrogen (secondary N) is 1. The van der Waals surface area contributed by atoms with Crippen LogP contribution in [0.5, 0.6) is 0 Å². The lowest BCUT2D eigenvalue weighted by Crippen LogP contribution is -2.46. The summed E-state index contributed by atoms with van der Waals surface area (Å²) in [5, 5.41) is 3.61. The fraction of sp³-hybridized carbons (Fsp3) is 0.500. The molecule has 1 atom stereocenters. The van der Waals surface area contributed by atoms with Gasteiger partial charge in [0.05, 0.1) is 16.1 Å². The maximum Gasteiger partial charge on any atom is 0.246 e. The third-order valence-electron chi connectivity index (χ3n) is 5.83. The highest BCUT2D eigenvalue weighted by Gasteiger charge is 2.31. The first-order valence-corrected chi connectivity index (χ1v) is 11.3. The van der Waals surface area contributed by atoms with Gasteiger partial charge in [0.1, 0.15) is 0 Å². The van der Waals surface area contributed by atoms with Gasteiger partial charge in [0.25, 0.3) is 0 Å². The Bertz CT molecular complexity index is 861. The van der Waals surface area contributed by atoms with E-state index in [1.54, 1.807) is 41.1 Å². The number of carbonyl (C=O) groups excluding carboxylic acids is 3. The van der Waals surface area contributed by atoms with E-state index in [0.29, 0.717) is 49.2 Å².